The van der Waals surface area contributed by atoms with Gasteiger partial charge in [0.25, 0.3) is 0 Å². The highest BCUT2D eigenvalue weighted by Gasteiger charge is 2.23. The van der Waals surface area contributed by atoms with E-state index >= 15 is 0 Å². The fourth-order valence-electron chi connectivity index (χ4n) is 2.69. The minimum absolute atomic E-state index is 0.0222. The Labute approximate surface area is 146 Å². The molecule has 1 atom stereocenters. The van der Waals surface area contributed by atoms with Crippen LogP contribution in [-0.2, 0) is 16.0 Å². The zero-order chi connectivity index (χ0) is 16.8. The van der Waals surface area contributed by atoms with Gasteiger partial charge >= 0.3 is 0 Å². The number of carbonyl (C=O) groups excluding carboxylic acids is 2. The summed E-state index contributed by atoms with van der Waals surface area (Å²) in [5, 5.41) is 5.75. The van der Waals surface area contributed by atoms with E-state index in [1.165, 1.54) is 5.56 Å². The molecule has 0 radical (unpaired) electrons. The van der Waals surface area contributed by atoms with E-state index in [9.17, 15) is 9.59 Å². The number of hydrogen-bond donors (Lipinski definition) is 2. The van der Waals surface area contributed by atoms with Crippen molar-refractivity contribution in [1.29, 1.82) is 0 Å². The summed E-state index contributed by atoms with van der Waals surface area (Å²) in [6.07, 6.45) is 2.08. The molecular weight excluding hydrogens is 320 g/mol. The smallest absolute Gasteiger partial charge is 0.237 e. The number of carbonyl (C=O) groups is 2. The molecule has 3 rings (SSSR count). The monoisotopic (exact) mass is 340 g/mol. The highest BCUT2D eigenvalue weighted by atomic mass is 32.2. The quantitative estimate of drug-likeness (QED) is 0.872. The molecule has 0 saturated carbocycles. The minimum Gasteiger partial charge on any atom is -0.326 e. The second kappa shape index (κ2) is 8.02. The van der Waals surface area contributed by atoms with Crippen LogP contribution in [0.4, 0.5) is 11.4 Å². The molecule has 2 amide bonds. The van der Waals surface area contributed by atoms with Crippen LogP contribution in [0.3, 0.4) is 0 Å². The molecule has 0 aliphatic carbocycles. The van der Waals surface area contributed by atoms with Crippen molar-refractivity contribution in [3.63, 3.8) is 0 Å². The molecule has 0 aromatic heterocycles. The molecule has 2 aromatic rings. The number of fused-ring (bicyclic) bond motifs is 1. The Morgan fingerprint density at radius 1 is 1.12 bits per heavy atom. The normalized spacial score (nSPS) is 16.7. The maximum atomic E-state index is 12.3. The van der Waals surface area contributed by atoms with E-state index in [1.807, 2.05) is 48.5 Å². The topological polar surface area (TPSA) is 58.2 Å². The number of thioether (sulfide) groups is 1. The van der Waals surface area contributed by atoms with E-state index in [4.69, 9.17) is 0 Å². The average molecular weight is 340 g/mol. The van der Waals surface area contributed by atoms with Gasteiger partial charge in [-0.1, -0.05) is 36.4 Å². The largest absolute Gasteiger partial charge is 0.326 e. The molecule has 4 nitrogen and oxygen atoms in total. The van der Waals surface area contributed by atoms with Crippen LogP contribution in [0, 0.1) is 0 Å². The lowest BCUT2D eigenvalue weighted by Crippen LogP contribution is -2.24. The lowest BCUT2D eigenvalue weighted by Gasteiger charge is -2.12. The molecule has 0 spiro atoms. The van der Waals surface area contributed by atoms with Crippen molar-refractivity contribution in [2.45, 2.75) is 24.5 Å². The molecular formula is C19H20N2O2S. The number of amides is 2. The van der Waals surface area contributed by atoms with Crippen molar-refractivity contribution in [3.8, 4) is 0 Å². The van der Waals surface area contributed by atoms with E-state index in [1.54, 1.807) is 11.8 Å². The van der Waals surface area contributed by atoms with Crippen LogP contribution >= 0.6 is 11.8 Å². The average Bonchev–Trinajstić information content (AvgIpc) is 2.75. The van der Waals surface area contributed by atoms with Gasteiger partial charge < -0.3 is 10.6 Å². The SMILES string of the molecule is O=C(CCSC1CCc2ccccc2NC1=O)Nc1ccccc1. The van der Waals surface area contributed by atoms with Gasteiger partial charge in [0, 0.05) is 23.5 Å². The molecule has 0 saturated heterocycles. The van der Waals surface area contributed by atoms with Crippen molar-refractivity contribution >= 4 is 35.0 Å². The second-order valence-corrected chi connectivity index (χ2v) is 7.02. The van der Waals surface area contributed by atoms with Gasteiger partial charge in [0.05, 0.1) is 5.25 Å². The second-order valence-electron chi connectivity index (χ2n) is 5.71. The van der Waals surface area contributed by atoms with Crippen molar-refractivity contribution < 1.29 is 9.59 Å². The van der Waals surface area contributed by atoms with Gasteiger partial charge in [0.1, 0.15) is 0 Å². The first-order chi connectivity index (χ1) is 11.7. The molecule has 1 aliphatic heterocycles. The summed E-state index contributed by atoms with van der Waals surface area (Å²) in [4.78, 5) is 24.3. The van der Waals surface area contributed by atoms with E-state index in [0.29, 0.717) is 12.2 Å². The zero-order valence-electron chi connectivity index (χ0n) is 13.3. The fraction of sp³-hybridized carbons (Fsp3) is 0.263. The third kappa shape index (κ3) is 4.38. The molecule has 2 aromatic carbocycles. The van der Waals surface area contributed by atoms with Gasteiger partial charge in [-0.05, 0) is 36.6 Å². The Kier molecular flexibility index (Phi) is 5.54. The Morgan fingerprint density at radius 3 is 2.71 bits per heavy atom. The van der Waals surface area contributed by atoms with Crippen molar-refractivity contribution in [2.75, 3.05) is 16.4 Å². The van der Waals surface area contributed by atoms with Gasteiger partial charge in [-0.25, -0.2) is 0 Å². The number of nitrogens with one attached hydrogen (secondary N) is 2. The number of hydrogen-bond acceptors (Lipinski definition) is 3. The Bertz CT molecular complexity index is 718. The summed E-state index contributed by atoms with van der Waals surface area (Å²) < 4.78 is 0. The van der Waals surface area contributed by atoms with Crippen molar-refractivity contribution in [1.82, 2.24) is 0 Å². The van der Waals surface area contributed by atoms with Gasteiger partial charge in [-0.3, -0.25) is 9.59 Å². The maximum Gasteiger partial charge on any atom is 0.237 e. The first-order valence-electron chi connectivity index (χ1n) is 8.07. The van der Waals surface area contributed by atoms with Crippen molar-refractivity contribution in [3.05, 3.63) is 60.2 Å². The van der Waals surface area contributed by atoms with Crippen LogP contribution in [0.15, 0.2) is 54.6 Å². The van der Waals surface area contributed by atoms with Gasteiger partial charge in [-0.2, -0.15) is 0 Å². The zero-order valence-corrected chi connectivity index (χ0v) is 14.1. The molecule has 1 heterocycles. The molecule has 2 N–H and O–H groups in total. The summed E-state index contributed by atoms with van der Waals surface area (Å²) in [7, 11) is 0. The number of aryl methyl sites for hydroxylation is 1. The van der Waals surface area contributed by atoms with Crippen molar-refractivity contribution in [2.24, 2.45) is 0 Å². The first-order valence-corrected chi connectivity index (χ1v) is 9.12. The lowest BCUT2D eigenvalue weighted by atomic mass is 10.1. The maximum absolute atomic E-state index is 12.3. The third-order valence-electron chi connectivity index (χ3n) is 3.95. The highest BCUT2D eigenvalue weighted by molar-refractivity contribution is 8.00. The van der Waals surface area contributed by atoms with Crippen LogP contribution in [-0.4, -0.2) is 22.8 Å². The van der Waals surface area contributed by atoms with E-state index < -0.39 is 0 Å². The summed E-state index contributed by atoms with van der Waals surface area (Å²) in [5.41, 5.74) is 2.89. The molecule has 1 aliphatic rings. The standard InChI is InChI=1S/C19H20N2O2S/c22-18(20-15-7-2-1-3-8-15)12-13-24-17-11-10-14-6-4-5-9-16(14)21-19(17)23/h1-9,17H,10-13H2,(H,20,22)(H,21,23). The summed E-state index contributed by atoms with van der Waals surface area (Å²) >= 11 is 1.56. The van der Waals surface area contributed by atoms with Gasteiger partial charge in [0.15, 0.2) is 0 Å². The van der Waals surface area contributed by atoms with Gasteiger partial charge in [-0.15, -0.1) is 11.8 Å². The Morgan fingerprint density at radius 2 is 1.88 bits per heavy atom. The predicted molar refractivity (Wildman–Crippen MR) is 99.3 cm³/mol. The third-order valence-corrected chi connectivity index (χ3v) is 5.24. The van der Waals surface area contributed by atoms with E-state index in [-0.39, 0.29) is 17.1 Å². The predicted octanol–water partition coefficient (Wildman–Crippen LogP) is 3.70. The fourth-order valence-corrected chi connectivity index (χ4v) is 3.77. The highest BCUT2D eigenvalue weighted by Crippen LogP contribution is 2.27. The minimum atomic E-state index is -0.109. The summed E-state index contributed by atoms with van der Waals surface area (Å²) in [6.45, 7) is 0. The summed E-state index contributed by atoms with van der Waals surface area (Å²) in [5.74, 6) is 0.645. The number of benzene rings is 2. The van der Waals surface area contributed by atoms with Crippen LogP contribution < -0.4 is 10.6 Å². The first kappa shape index (κ1) is 16.6. The van der Waals surface area contributed by atoms with Crippen LogP contribution in [0.2, 0.25) is 0 Å². The Hall–Kier alpha value is -2.27. The molecule has 0 fully saturated rings. The summed E-state index contributed by atoms with van der Waals surface area (Å²) in [6, 6.07) is 17.3. The van der Waals surface area contributed by atoms with Crippen LogP contribution in [0.1, 0.15) is 18.4 Å². The molecule has 5 heteroatoms. The van der Waals surface area contributed by atoms with Gasteiger partial charge in [0.2, 0.25) is 11.8 Å². The molecule has 124 valence electrons. The number of rotatable bonds is 5. The lowest BCUT2D eigenvalue weighted by molar-refractivity contribution is -0.116. The van der Waals surface area contributed by atoms with E-state index in [2.05, 4.69) is 16.7 Å². The number of para-hydroxylation sites is 2. The van der Waals surface area contributed by atoms with Crippen LogP contribution in [0.25, 0.3) is 0 Å². The molecule has 1 unspecified atom stereocenters. The molecule has 0 bridgehead atoms. The number of anilines is 2. The Balaban J connectivity index is 1.47. The van der Waals surface area contributed by atoms with E-state index in [0.717, 1.165) is 24.2 Å². The molecule has 24 heavy (non-hydrogen) atoms. The van der Waals surface area contributed by atoms with Crippen LogP contribution in [0.5, 0.6) is 0 Å².